The molecule has 4 unspecified atom stereocenters. The summed E-state index contributed by atoms with van der Waals surface area (Å²) in [7, 11) is 0. The van der Waals surface area contributed by atoms with Gasteiger partial charge < -0.3 is 0 Å². The van der Waals surface area contributed by atoms with Gasteiger partial charge in [-0.25, -0.2) is 0 Å². The van der Waals surface area contributed by atoms with Crippen LogP contribution in [0.3, 0.4) is 0 Å². The topological polar surface area (TPSA) is 0 Å². The van der Waals surface area contributed by atoms with Crippen LogP contribution in [0.5, 0.6) is 0 Å². The summed E-state index contributed by atoms with van der Waals surface area (Å²) >= 11 is 0. The van der Waals surface area contributed by atoms with E-state index < -0.39 is 0 Å². The van der Waals surface area contributed by atoms with Crippen molar-refractivity contribution < 1.29 is 0 Å². The van der Waals surface area contributed by atoms with Crippen LogP contribution in [-0.2, 0) is 0 Å². The van der Waals surface area contributed by atoms with Crippen LogP contribution < -0.4 is 0 Å². The highest BCUT2D eigenvalue weighted by Crippen LogP contribution is 2.59. The molecule has 0 aromatic rings. The highest BCUT2D eigenvalue weighted by Gasteiger charge is 2.49. The molecule has 0 heterocycles. The Morgan fingerprint density at radius 1 is 1.29 bits per heavy atom. The third kappa shape index (κ3) is 1.06. The number of allylic oxidation sites excluding steroid dienone is 4. The van der Waals surface area contributed by atoms with Crippen molar-refractivity contribution in [2.75, 3.05) is 0 Å². The maximum absolute atomic E-state index is 2.50. The van der Waals surface area contributed by atoms with Gasteiger partial charge in [0.25, 0.3) is 0 Å². The van der Waals surface area contributed by atoms with E-state index in [1.807, 2.05) is 0 Å². The molecule has 3 rings (SSSR count). The summed E-state index contributed by atoms with van der Waals surface area (Å²) in [6, 6.07) is 0. The Hall–Kier alpha value is -0.520. The minimum atomic E-state index is 0.971. The van der Waals surface area contributed by atoms with E-state index >= 15 is 0 Å². The average molecular weight is 188 g/mol. The van der Waals surface area contributed by atoms with Crippen LogP contribution in [0.2, 0.25) is 0 Å². The van der Waals surface area contributed by atoms with Gasteiger partial charge in [-0.15, -0.1) is 0 Å². The molecule has 0 aromatic carbocycles. The molecular weight excluding hydrogens is 168 g/mol. The van der Waals surface area contributed by atoms with Gasteiger partial charge in [-0.1, -0.05) is 23.3 Å². The maximum atomic E-state index is 2.50. The largest absolute Gasteiger partial charge is 0.0882 e. The molecule has 0 aromatic heterocycles. The first kappa shape index (κ1) is 8.76. The molecule has 2 saturated carbocycles. The summed E-state index contributed by atoms with van der Waals surface area (Å²) in [6.45, 7) is 4.55. The quantitative estimate of drug-likeness (QED) is 0.505. The van der Waals surface area contributed by atoms with Crippen molar-refractivity contribution in [1.82, 2.24) is 0 Å². The predicted octanol–water partition coefficient (Wildman–Crippen LogP) is 3.95. The Morgan fingerprint density at radius 2 is 2.14 bits per heavy atom. The van der Waals surface area contributed by atoms with Gasteiger partial charge in [-0.2, -0.15) is 0 Å². The van der Waals surface area contributed by atoms with E-state index in [9.17, 15) is 0 Å². The molecule has 76 valence electrons. The van der Waals surface area contributed by atoms with Gasteiger partial charge in [0.05, 0.1) is 0 Å². The van der Waals surface area contributed by atoms with E-state index in [1.54, 1.807) is 11.1 Å². The lowest BCUT2D eigenvalue weighted by Crippen LogP contribution is -2.26. The van der Waals surface area contributed by atoms with Gasteiger partial charge in [0.15, 0.2) is 0 Å². The monoisotopic (exact) mass is 188 g/mol. The van der Waals surface area contributed by atoms with Gasteiger partial charge >= 0.3 is 0 Å². The van der Waals surface area contributed by atoms with Crippen molar-refractivity contribution >= 4 is 0 Å². The number of hydrogen-bond donors (Lipinski definition) is 0. The molecule has 4 atom stereocenters. The molecule has 2 fully saturated rings. The predicted molar refractivity (Wildman–Crippen MR) is 59.9 cm³/mol. The molecule has 0 saturated heterocycles. The van der Waals surface area contributed by atoms with Crippen molar-refractivity contribution in [3.63, 3.8) is 0 Å². The molecular formula is C14H20. The maximum Gasteiger partial charge on any atom is -0.0166 e. The number of fused-ring (bicyclic) bond motifs is 5. The summed E-state index contributed by atoms with van der Waals surface area (Å²) in [5, 5.41) is 0. The highest BCUT2D eigenvalue weighted by atomic mass is 14.5. The van der Waals surface area contributed by atoms with E-state index in [2.05, 4.69) is 26.0 Å². The molecule has 0 aliphatic heterocycles. The Labute approximate surface area is 87.1 Å². The summed E-state index contributed by atoms with van der Waals surface area (Å²) in [5.74, 6) is 4.08. The van der Waals surface area contributed by atoms with Crippen LogP contribution >= 0.6 is 0 Å². The van der Waals surface area contributed by atoms with Crippen molar-refractivity contribution in [3.05, 3.63) is 23.3 Å². The molecule has 0 heteroatoms. The molecule has 0 amide bonds. The molecule has 0 spiro atoms. The fourth-order valence-corrected chi connectivity index (χ4v) is 4.22. The van der Waals surface area contributed by atoms with E-state index in [-0.39, 0.29) is 0 Å². The number of rotatable bonds is 0. The Kier molecular flexibility index (Phi) is 1.87. The first-order valence-electron chi connectivity index (χ1n) is 6.10. The van der Waals surface area contributed by atoms with E-state index in [4.69, 9.17) is 0 Å². The van der Waals surface area contributed by atoms with E-state index in [0.717, 1.165) is 23.7 Å². The van der Waals surface area contributed by atoms with Gasteiger partial charge in [-0.3, -0.25) is 0 Å². The summed E-state index contributed by atoms with van der Waals surface area (Å²) in [6.07, 6.45) is 10.6. The third-order valence-corrected chi connectivity index (χ3v) is 4.87. The zero-order chi connectivity index (χ0) is 9.71. The minimum absolute atomic E-state index is 0.971. The van der Waals surface area contributed by atoms with Gasteiger partial charge in [0.2, 0.25) is 0 Å². The Morgan fingerprint density at radius 3 is 2.93 bits per heavy atom. The van der Waals surface area contributed by atoms with Crippen molar-refractivity contribution in [2.45, 2.75) is 39.5 Å². The third-order valence-electron chi connectivity index (χ3n) is 4.87. The lowest BCUT2D eigenvalue weighted by Gasteiger charge is -2.35. The second-order valence-corrected chi connectivity index (χ2v) is 5.49. The molecule has 14 heavy (non-hydrogen) atoms. The number of hydrogen-bond acceptors (Lipinski definition) is 0. The fraction of sp³-hybridized carbons (Fsp3) is 0.714. The smallest absolute Gasteiger partial charge is 0.0166 e. The fourth-order valence-electron chi connectivity index (χ4n) is 4.22. The van der Waals surface area contributed by atoms with Crippen LogP contribution in [-0.4, -0.2) is 0 Å². The zero-order valence-corrected chi connectivity index (χ0v) is 9.29. The summed E-state index contributed by atoms with van der Waals surface area (Å²) < 4.78 is 0. The first-order valence-corrected chi connectivity index (χ1v) is 6.10. The summed E-state index contributed by atoms with van der Waals surface area (Å²) in [5.41, 5.74) is 3.43. The minimum Gasteiger partial charge on any atom is -0.0882 e. The standard InChI is InChI=1S/C14H20/c1-3-10-7-11-8-13(10)14-6-9(2)4-5-12(11)14/h3-4,11-14H,5-8H2,1-2H3. The zero-order valence-electron chi connectivity index (χ0n) is 9.29. The molecule has 3 aliphatic rings. The van der Waals surface area contributed by atoms with Crippen molar-refractivity contribution in [1.29, 1.82) is 0 Å². The van der Waals surface area contributed by atoms with Gasteiger partial charge in [0.1, 0.15) is 0 Å². The Bertz CT molecular complexity index is 308. The molecule has 0 radical (unpaired) electrons. The highest BCUT2D eigenvalue weighted by molar-refractivity contribution is 5.24. The van der Waals surface area contributed by atoms with Crippen LogP contribution in [0, 0.1) is 23.7 Å². The van der Waals surface area contributed by atoms with Crippen molar-refractivity contribution in [2.24, 2.45) is 23.7 Å². The lowest BCUT2D eigenvalue weighted by atomic mass is 9.70. The molecule has 0 nitrogen and oxygen atoms in total. The Balaban J connectivity index is 1.90. The second-order valence-electron chi connectivity index (χ2n) is 5.49. The molecule has 3 aliphatic carbocycles. The van der Waals surface area contributed by atoms with Gasteiger partial charge in [0, 0.05) is 0 Å². The van der Waals surface area contributed by atoms with Crippen molar-refractivity contribution in [3.8, 4) is 0 Å². The molecule has 2 bridgehead atoms. The normalized spacial score (nSPS) is 48.1. The van der Waals surface area contributed by atoms with Crippen LogP contribution in [0.15, 0.2) is 23.3 Å². The summed E-state index contributed by atoms with van der Waals surface area (Å²) in [4.78, 5) is 0. The van der Waals surface area contributed by atoms with E-state index in [1.165, 1.54) is 25.7 Å². The van der Waals surface area contributed by atoms with Crippen LogP contribution in [0.25, 0.3) is 0 Å². The second kappa shape index (κ2) is 2.98. The average Bonchev–Trinajstić information content (AvgIpc) is 2.74. The van der Waals surface area contributed by atoms with Gasteiger partial charge in [-0.05, 0) is 63.2 Å². The first-order chi connectivity index (χ1) is 6.79. The van der Waals surface area contributed by atoms with E-state index in [0.29, 0.717) is 0 Å². The molecule has 0 N–H and O–H groups in total. The van der Waals surface area contributed by atoms with Crippen LogP contribution in [0.4, 0.5) is 0 Å². The SMILES string of the molecule is CC=C1CC2CC1C1CC(C)=CCC21. The lowest BCUT2D eigenvalue weighted by molar-refractivity contribution is 0.248. The van der Waals surface area contributed by atoms with Crippen LogP contribution in [0.1, 0.15) is 39.5 Å².